The van der Waals surface area contributed by atoms with E-state index in [0.717, 1.165) is 0 Å². The smallest absolute Gasteiger partial charge is 0.450 e. The topological polar surface area (TPSA) is 230 Å². The Kier molecular flexibility index (Phi) is 1060. The van der Waals surface area contributed by atoms with Crippen LogP contribution in [-0.2, 0) is 0 Å². The molecule has 0 aromatic heterocycles. The molecule has 0 saturated carbocycles. The van der Waals surface area contributed by atoms with Crippen LogP contribution in [-0.4, -0.2) is 1120 Å². The Morgan fingerprint density at radius 2 is 0.159 bits per heavy atom. The second-order valence-corrected chi connectivity index (χ2v) is 1.13. The quantitative estimate of drug-likeness (QED) is 0.106. The molecule has 44 heavy (non-hydrogen) atoms. The maximum absolute atomic E-state index is 8.56. The molecule has 0 spiro atoms. The van der Waals surface area contributed by atoms with Crippen molar-refractivity contribution in [3.63, 3.8) is 0 Å². The van der Waals surface area contributed by atoms with Crippen molar-refractivity contribution in [3.05, 3.63) is 0 Å². The number of carbonyl (C=O) groups is 4. The summed E-state index contributed by atoms with van der Waals surface area (Å²) in [6, 6.07) is 0. The molecule has 8 N–H and O–H groups in total. The third-order valence-corrected chi connectivity index (χ3v) is 0. The van der Waals surface area contributed by atoms with E-state index in [0.29, 0.717) is 0 Å². The molecule has 0 rings (SSSR count). The first-order valence-corrected chi connectivity index (χ1v) is 2.61. The molecule has 0 aliphatic rings. The molecular formula is C4H8Ca28O12+56. The molecule has 40 heteroatoms. The first kappa shape index (κ1) is 220. The minimum Gasteiger partial charge on any atom is -0.450 e. The van der Waals surface area contributed by atoms with E-state index in [4.69, 9.17) is 60.0 Å². The maximum Gasteiger partial charge on any atom is 2.00 e. The number of hydrogen-bond donors (Lipinski definition) is 8. The van der Waals surface area contributed by atoms with E-state index < -0.39 is 24.6 Å². The molecule has 0 fully saturated rings. The summed E-state index contributed by atoms with van der Waals surface area (Å²) in [6.07, 6.45) is -7.33. The van der Waals surface area contributed by atoms with Gasteiger partial charge in [0.2, 0.25) is 0 Å². The van der Waals surface area contributed by atoms with Crippen LogP contribution in [0.1, 0.15) is 0 Å². The van der Waals surface area contributed by atoms with Crippen molar-refractivity contribution in [1.82, 2.24) is 0 Å². The van der Waals surface area contributed by atoms with Crippen LogP contribution in [0.5, 0.6) is 0 Å². The van der Waals surface area contributed by atoms with Crippen LogP contribution < -0.4 is 0 Å². The van der Waals surface area contributed by atoms with E-state index in [-0.39, 0.29) is 1060 Å². The zero-order valence-corrected chi connectivity index (χ0v) is 88.8. The van der Waals surface area contributed by atoms with E-state index in [2.05, 4.69) is 0 Å². The summed E-state index contributed by atoms with van der Waals surface area (Å²) < 4.78 is 0. The molecule has 0 radical (unpaired) electrons. The van der Waals surface area contributed by atoms with Crippen molar-refractivity contribution in [2.75, 3.05) is 0 Å². The molecule has 0 aliphatic carbocycles. The predicted octanol–water partition coefficient (Wildman–Crippen LogP) is -9.77. The van der Waals surface area contributed by atoms with Gasteiger partial charge in [-0.1, -0.05) is 0 Å². The molecule has 0 unspecified atom stereocenters. The van der Waals surface area contributed by atoms with Gasteiger partial charge in [0.1, 0.15) is 0 Å². The number of carboxylic acid groups (broad SMARTS) is 8. The largest absolute Gasteiger partial charge is 2.00 e. The van der Waals surface area contributed by atoms with Crippen LogP contribution >= 0.6 is 0 Å². The maximum atomic E-state index is 8.56. The van der Waals surface area contributed by atoms with E-state index >= 15 is 0 Å². The summed E-state index contributed by atoms with van der Waals surface area (Å²) in [5.74, 6) is 0. The molecule has 96 valence electrons. The zero-order valence-electron chi connectivity index (χ0n) is 27.0. The Balaban J connectivity index is -0.00000000120. The van der Waals surface area contributed by atoms with E-state index in [1.165, 1.54) is 0 Å². The first-order chi connectivity index (χ1) is 6.93. The van der Waals surface area contributed by atoms with Crippen LogP contribution in [0.15, 0.2) is 0 Å². The van der Waals surface area contributed by atoms with Gasteiger partial charge in [-0.05, 0) is 0 Å². The Morgan fingerprint density at radius 3 is 0.159 bits per heavy atom. The van der Waals surface area contributed by atoms with Crippen LogP contribution in [0.25, 0.3) is 0 Å². The van der Waals surface area contributed by atoms with Gasteiger partial charge in [-0.2, -0.15) is 0 Å². The van der Waals surface area contributed by atoms with Gasteiger partial charge in [0.25, 0.3) is 0 Å². The molecule has 0 bridgehead atoms. The Bertz CT molecular complexity index is 195. The second-order valence-electron chi connectivity index (χ2n) is 1.13. The SMILES string of the molecule is O=C(O)O.O=C(O)O.O=C(O)O.O=C(O)O.[Ca+2].[Ca+2].[Ca+2].[Ca+2].[Ca+2].[Ca+2].[Ca+2].[Ca+2].[Ca+2].[Ca+2].[Ca+2].[Ca+2].[Ca+2].[Ca+2].[Ca+2].[Ca+2].[Ca+2].[Ca+2].[Ca+2].[Ca+2].[Ca+2].[Ca+2].[Ca+2].[Ca+2].[Ca+2].[Ca+2].[Ca+2].[Ca+2]. The normalized spacial score (nSPS) is 2.18. The molecule has 0 heterocycles. The first-order valence-electron chi connectivity index (χ1n) is 2.61. The van der Waals surface area contributed by atoms with E-state index in [1.807, 2.05) is 0 Å². The van der Waals surface area contributed by atoms with Gasteiger partial charge in [0.15, 0.2) is 0 Å². The molecular weight excluding hydrogens is 1360 g/mol. The van der Waals surface area contributed by atoms with Crippen molar-refractivity contribution in [2.45, 2.75) is 0 Å². The summed E-state index contributed by atoms with van der Waals surface area (Å²) in [7, 11) is 0. The van der Waals surface area contributed by atoms with Crippen molar-refractivity contribution in [2.24, 2.45) is 0 Å². The van der Waals surface area contributed by atoms with Gasteiger partial charge in [-0.15, -0.1) is 0 Å². The van der Waals surface area contributed by atoms with Crippen LogP contribution in [0.2, 0.25) is 0 Å². The van der Waals surface area contributed by atoms with Crippen molar-refractivity contribution < 1.29 is 60.0 Å². The standard InChI is InChI=1S/4CH2O3.28Ca/c4*2-1(3)4;;;;;;;;;;;;;;;;;;;;;;;;;;;;/h4*(H2,2,3,4);;;;;;;;;;;;;;;;;;;;;;;;;;;;/q;;;;28*+2. The van der Waals surface area contributed by atoms with Crippen LogP contribution in [0, 0.1) is 0 Å². The fourth-order valence-electron chi connectivity index (χ4n) is 0. The zero-order chi connectivity index (χ0) is 14.3. The molecule has 0 aliphatic heterocycles. The fourth-order valence-corrected chi connectivity index (χ4v) is 0. The van der Waals surface area contributed by atoms with Gasteiger partial charge in [-0.3, -0.25) is 0 Å². The molecule has 0 aromatic rings. The Labute approximate surface area is 1100 Å². The van der Waals surface area contributed by atoms with Gasteiger partial charge in [-0.25, -0.2) is 19.2 Å². The Hall–Kier alpha value is 32.4. The summed E-state index contributed by atoms with van der Waals surface area (Å²) in [5.41, 5.74) is 0. The van der Waals surface area contributed by atoms with E-state index in [1.54, 1.807) is 0 Å². The van der Waals surface area contributed by atoms with Crippen molar-refractivity contribution in [1.29, 1.82) is 0 Å². The number of hydrogen-bond acceptors (Lipinski definition) is 4. The van der Waals surface area contributed by atoms with Gasteiger partial charge >= 0.3 is 1080 Å². The number of rotatable bonds is 0. The van der Waals surface area contributed by atoms with Crippen molar-refractivity contribution >= 4 is 1080 Å². The van der Waals surface area contributed by atoms with Crippen molar-refractivity contribution in [3.8, 4) is 0 Å². The van der Waals surface area contributed by atoms with Crippen LogP contribution in [0.3, 0.4) is 0 Å². The van der Waals surface area contributed by atoms with Gasteiger partial charge in [0.05, 0.1) is 0 Å². The summed E-state index contributed by atoms with van der Waals surface area (Å²) in [5, 5.41) is 55.8. The summed E-state index contributed by atoms with van der Waals surface area (Å²) in [6.45, 7) is 0. The Morgan fingerprint density at radius 1 is 0.159 bits per heavy atom. The van der Waals surface area contributed by atoms with Gasteiger partial charge in [0, 0.05) is 0 Å². The monoisotopic (exact) mass is 1370 g/mol. The average Bonchev–Trinajstić information content (AvgIpc) is 1.76. The summed E-state index contributed by atoms with van der Waals surface area (Å²) >= 11 is 0. The minimum atomic E-state index is -1.83. The fraction of sp³-hybridized carbons (Fsp3) is 0. The van der Waals surface area contributed by atoms with Crippen LogP contribution in [0.4, 0.5) is 19.2 Å². The predicted molar refractivity (Wildman–Crippen MR) is 204 cm³/mol. The molecule has 0 atom stereocenters. The molecule has 0 saturated heterocycles. The average molecular weight is 1370 g/mol. The van der Waals surface area contributed by atoms with Gasteiger partial charge < -0.3 is 40.9 Å². The summed E-state index contributed by atoms with van der Waals surface area (Å²) in [4.78, 5) is 34.2. The third-order valence-electron chi connectivity index (χ3n) is 0. The molecule has 0 aromatic carbocycles. The second kappa shape index (κ2) is 212. The minimum absolute atomic E-state index is 0. The molecule has 0 amide bonds. The third kappa shape index (κ3) is 382. The van der Waals surface area contributed by atoms with E-state index in [9.17, 15) is 0 Å². The molecule has 12 nitrogen and oxygen atoms in total.